The molecule has 29 heavy (non-hydrogen) atoms. The largest absolute Gasteiger partial charge is 0.490 e. The Bertz CT molecular complexity index is 998. The molecule has 7 heteroatoms. The van der Waals surface area contributed by atoms with Gasteiger partial charge in [0.15, 0.2) is 11.5 Å². The van der Waals surface area contributed by atoms with Crippen LogP contribution in [0.4, 0.5) is 10.1 Å². The topological polar surface area (TPSA) is 30.5 Å². The normalized spacial score (nSPS) is 10.7. The van der Waals surface area contributed by atoms with Crippen LogP contribution in [0.25, 0.3) is 0 Å². The fraction of sp³-hybridized carbons (Fsp3) is 0.182. The van der Waals surface area contributed by atoms with Crippen LogP contribution in [0.3, 0.4) is 0 Å². The molecule has 0 amide bonds. The predicted molar refractivity (Wildman–Crippen MR) is 117 cm³/mol. The smallest absolute Gasteiger partial charge is 0.180 e. The molecule has 3 aromatic rings. The fourth-order valence-corrected chi connectivity index (χ4v) is 3.50. The molecule has 3 nitrogen and oxygen atoms in total. The third-order valence-corrected chi connectivity index (χ3v) is 4.88. The molecule has 152 valence electrons. The van der Waals surface area contributed by atoms with Crippen molar-refractivity contribution in [3.05, 3.63) is 86.6 Å². The summed E-state index contributed by atoms with van der Waals surface area (Å²) < 4.78 is 24.9. The standard InChI is InChI=1S/C22H19Cl3FNO2/c1-2-28-21-10-15(12-27-20-7-6-16(23)11-18(20)24)9-19(25)22(21)29-13-14-4-3-5-17(26)8-14/h3-11,27H,2,12-13H2,1H3. The zero-order valence-corrected chi connectivity index (χ0v) is 17.9. The summed E-state index contributed by atoms with van der Waals surface area (Å²) in [7, 11) is 0. The number of halogens is 4. The molecule has 0 radical (unpaired) electrons. The second kappa shape index (κ2) is 10.1. The Balaban J connectivity index is 1.76. The maximum Gasteiger partial charge on any atom is 0.180 e. The quantitative estimate of drug-likeness (QED) is 0.385. The molecule has 1 N–H and O–H groups in total. The lowest BCUT2D eigenvalue weighted by molar-refractivity contribution is 0.269. The highest BCUT2D eigenvalue weighted by molar-refractivity contribution is 6.36. The van der Waals surface area contributed by atoms with E-state index in [9.17, 15) is 4.39 Å². The zero-order chi connectivity index (χ0) is 20.8. The van der Waals surface area contributed by atoms with Crippen LogP contribution >= 0.6 is 34.8 Å². The van der Waals surface area contributed by atoms with Crippen LogP contribution in [0.5, 0.6) is 11.5 Å². The number of hydrogen-bond donors (Lipinski definition) is 1. The van der Waals surface area contributed by atoms with Crippen molar-refractivity contribution < 1.29 is 13.9 Å². The molecular weight excluding hydrogens is 436 g/mol. The van der Waals surface area contributed by atoms with E-state index < -0.39 is 0 Å². The first-order chi connectivity index (χ1) is 14.0. The van der Waals surface area contributed by atoms with Gasteiger partial charge in [-0.3, -0.25) is 0 Å². The highest BCUT2D eigenvalue weighted by Crippen LogP contribution is 2.37. The second-order valence-corrected chi connectivity index (χ2v) is 7.49. The van der Waals surface area contributed by atoms with Gasteiger partial charge < -0.3 is 14.8 Å². The summed E-state index contributed by atoms with van der Waals surface area (Å²) in [5.74, 6) is 0.631. The van der Waals surface area contributed by atoms with Gasteiger partial charge in [0.25, 0.3) is 0 Å². The van der Waals surface area contributed by atoms with Crippen molar-refractivity contribution in [1.82, 2.24) is 0 Å². The third kappa shape index (κ3) is 5.92. The number of benzene rings is 3. The lowest BCUT2D eigenvalue weighted by atomic mass is 10.2. The Morgan fingerprint density at radius 3 is 2.45 bits per heavy atom. The van der Waals surface area contributed by atoms with Gasteiger partial charge in [-0.2, -0.15) is 0 Å². The number of hydrogen-bond acceptors (Lipinski definition) is 3. The minimum Gasteiger partial charge on any atom is -0.490 e. The van der Waals surface area contributed by atoms with Crippen LogP contribution in [0.2, 0.25) is 15.1 Å². The second-order valence-electron chi connectivity index (χ2n) is 6.23. The summed E-state index contributed by atoms with van der Waals surface area (Å²) in [4.78, 5) is 0. The van der Waals surface area contributed by atoms with Crippen LogP contribution < -0.4 is 14.8 Å². The van der Waals surface area contributed by atoms with Crippen molar-refractivity contribution in [2.45, 2.75) is 20.1 Å². The summed E-state index contributed by atoms with van der Waals surface area (Å²) in [5.41, 5.74) is 2.35. The molecule has 3 aromatic carbocycles. The van der Waals surface area contributed by atoms with Gasteiger partial charge in [-0.05, 0) is 60.5 Å². The van der Waals surface area contributed by atoms with E-state index in [0.29, 0.717) is 45.3 Å². The van der Waals surface area contributed by atoms with Gasteiger partial charge in [-0.15, -0.1) is 0 Å². The number of ether oxygens (including phenoxy) is 2. The lowest BCUT2D eigenvalue weighted by Crippen LogP contribution is -2.04. The first-order valence-corrected chi connectivity index (χ1v) is 10.1. The Morgan fingerprint density at radius 1 is 0.897 bits per heavy atom. The Labute approximate surface area is 184 Å². The molecule has 0 spiro atoms. The average molecular weight is 455 g/mol. The van der Waals surface area contributed by atoms with E-state index >= 15 is 0 Å². The van der Waals surface area contributed by atoms with Crippen LogP contribution in [-0.2, 0) is 13.2 Å². The lowest BCUT2D eigenvalue weighted by Gasteiger charge is -2.16. The SMILES string of the molecule is CCOc1cc(CNc2ccc(Cl)cc2Cl)cc(Cl)c1OCc1cccc(F)c1. The minimum atomic E-state index is -0.315. The molecule has 0 aliphatic heterocycles. The molecule has 0 fully saturated rings. The van der Waals surface area contributed by atoms with Crippen molar-refractivity contribution in [2.75, 3.05) is 11.9 Å². The molecule has 3 rings (SSSR count). The van der Waals surface area contributed by atoms with Gasteiger partial charge in [-0.1, -0.05) is 46.9 Å². The molecule has 0 aromatic heterocycles. The maximum absolute atomic E-state index is 13.4. The number of nitrogens with one attached hydrogen (secondary N) is 1. The molecule has 0 aliphatic carbocycles. The van der Waals surface area contributed by atoms with E-state index in [0.717, 1.165) is 11.3 Å². The molecule has 0 saturated heterocycles. The number of rotatable bonds is 8. The first kappa shape index (κ1) is 21.6. The molecule has 0 heterocycles. The monoisotopic (exact) mass is 453 g/mol. The third-order valence-electron chi connectivity index (χ3n) is 4.06. The van der Waals surface area contributed by atoms with Crippen LogP contribution in [0, 0.1) is 5.82 Å². The maximum atomic E-state index is 13.4. The molecule has 0 atom stereocenters. The van der Waals surface area contributed by atoms with E-state index in [-0.39, 0.29) is 12.4 Å². The van der Waals surface area contributed by atoms with E-state index in [2.05, 4.69) is 5.32 Å². The average Bonchev–Trinajstić information content (AvgIpc) is 2.67. The summed E-state index contributed by atoms with van der Waals surface area (Å²) in [6.45, 7) is 2.98. The molecular formula is C22H19Cl3FNO2. The van der Waals surface area contributed by atoms with Crippen molar-refractivity contribution in [3.8, 4) is 11.5 Å². The van der Waals surface area contributed by atoms with E-state index in [1.165, 1.54) is 12.1 Å². The Hall–Kier alpha value is -2.14. The van der Waals surface area contributed by atoms with Crippen LogP contribution in [-0.4, -0.2) is 6.61 Å². The highest BCUT2D eigenvalue weighted by atomic mass is 35.5. The van der Waals surface area contributed by atoms with Crippen molar-refractivity contribution in [1.29, 1.82) is 0 Å². The van der Waals surface area contributed by atoms with E-state index in [1.807, 2.05) is 19.1 Å². The first-order valence-electron chi connectivity index (χ1n) is 8.97. The van der Waals surface area contributed by atoms with Crippen molar-refractivity contribution in [3.63, 3.8) is 0 Å². The minimum absolute atomic E-state index is 0.176. The summed E-state index contributed by atoms with van der Waals surface area (Å²) in [5, 5.41) is 4.76. The molecule has 0 saturated carbocycles. The van der Waals surface area contributed by atoms with Gasteiger partial charge in [0.2, 0.25) is 0 Å². The summed E-state index contributed by atoms with van der Waals surface area (Å²) >= 11 is 18.6. The predicted octanol–water partition coefficient (Wildman–Crippen LogP) is 7.38. The van der Waals surface area contributed by atoms with Gasteiger partial charge in [-0.25, -0.2) is 4.39 Å². The molecule has 0 bridgehead atoms. The van der Waals surface area contributed by atoms with Crippen molar-refractivity contribution in [2.24, 2.45) is 0 Å². The highest BCUT2D eigenvalue weighted by Gasteiger charge is 2.14. The molecule has 0 aliphatic rings. The fourth-order valence-electron chi connectivity index (χ4n) is 2.74. The summed E-state index contributed by atoms with van der Waals surface area (Å²) in [6, 6.07) is 15.1. The Kier molecular flexibility index (Phi) is 7.48. The van der Waals surface area contributed by atoms with Crippen LogP contribution in [0.15, 0.2) is 54.6 Å². The van der Waals surface area contributed by atoms with E-state index in [1.54, 1.807) is 30.3 Å². The number of anilines is 1. The van der Waals surface area contributed by atoms with E-state index in [4.69, 9.17) is 44.3 Å². The van der Waals surface area contributed by atoms with Gasteiger partial charge >= 0.3 is 0 Å². The zero-order valence-electron chi connectivity index (χ0n) is 15.6. The van der Waals surface area contributed by atoms with Crippen LogP contribution in [0.1, 0.15) is 18.1 Å². The molecule has 0 unspecified atom stereocenters. The summed E-state index contributed by atoms with van der Waals surface area (Å²) in [6.07, 6.45) is 0. The van der Waals surface area contributed by atoms with Gasteiger partial charge in [0.05, 0.1) is 22.3 Å². The Morgan fingerprint density at radius 2 is 1.72 bits per heavy atom. The van der Waals surface area contributed by atoms with Crippen molar-refractivity contribution >= 4 is 40.5 Å². The van der Waals surface area contributed by atoms with Gasteiger partial charge in [0, 0.05) is 11.6 Å². The van der Waals surface area contributed by atoms with Gasteiger partial charge in [0.1, 0.15) is 12.4 Å².